The molecule has 0 saturated heterocycles. The third-order valence-corrected chi connectivity index (χ3v) is 4.08. The first-order valence-corrected chi connectivity index (χ1v) is 7.30. The molecule has 0 unspecified atom stereocenters. The Labute approximate surface area is 137 Å². The molecule has 3 aromatic rings. The Morgan fingerprint density at radius 3 is 2.25 bits per heavy atom. The monoisotopic (exact) mass is 327 g/mol. The summed E-state index contributed by atoms with van der Waals surface area (Å²) >= 11 is 0. The number of aromatic nitrogens is 4. The molecule has 0 saturated carbocycles. The zero-order valence-corrected chi connectivity index (χ0v) is 13.8. The Morgan fingerprint density at radius 1 is 1.00 bits per heavy atom. The molecule has 124 valence electrons. The van der Waals surface area contributed by atoms with Crippen LogP contribution in [0, 0.1) is 0 Å². The van der Waals surface area contributed by atoms with Gasteiger partial charge in [0.05, 0.1) is 0 Å². The van der Waals surface area contributed by atoms with Gasteiger partial charge >= 0.3 is 5.69 Å². The molecule has 2 aromatic heterocycles. The summed E-state index contributed by atoms with van der Waals surface area (Å²) in [5.74, 6) is 0.0352. The molecule has 0 atom stereocenters. The molecular formula is C16H17N5O3. The van der Waals surface area contributed by atoms with Crippen molar-refractivity contribution in [3.05, 3.63) is 56.7 Å². The Kier molecular flexibility index (Phi) is 3.59. The lowest BCUT2D eigenvalue weighted by Gasteiger charge is -2.16. The van der Waals surface area contributed by atoms with Crippen molar-refractivity contribution in [2.24, 2.45) is 21.1 Å². The van der Waals surface area contributed by atoms with Crippen LogP contribution < -0.4 is 16.1 Å². The number of hydrogen-bond donors (Lipinski definition) is 0. The second kappa shape index (κ2) is 5.48. The molecule has 8 heteroatoms. The van der Waals surface area contributed by atoms with Gasteiger partial charge in [-0.15, -0.1) is 0 Å². The molecule has 24 heavy (non-hydrogen) atoms. The number of hydrogen-bond acceptors (Lipinski definition) is 4. The molecule has 0 fully saturated rings. The fourth-order valence-electron chi connectivity index (χ4n) is 2.67. The van der Waals surface area contributed by atoms with E-state index in [0.29, 0.717) is 5.56 Å². The fourth-order valence-corrected chi connectivity index (χ4v) is 2.67. The van der Waals surface area contributed by atoms with E-state index in [0.717, 1.165) is 4.57 Å². The van der Waals surface area contributed by atoms with Gasteiger partial charge in [0.1, 0.15) is 0 Å². The minimum atomic E-state index is -0.464. The van der Waals surface area contributed by atoms with Crippen LogP contribution in [0.2, 0.25) is 0 Å². The van der Waals surface area contributed by atoms with Crippen LogP contribution in [0.1, 0.15) is 10.4 Å². The fraction of sp³-hybridized carbons (Fsp3) is 0.250. The van der Waals surface area contributed by atoms with Gasteiger partial charge in [0.15, 0.2) is 11.2 Å². The molecule has 1 amide bonds. The van der Waals surface area contributed by atoms with E-state index in [4.69, 9.17) is 0 Å². The van der Waals surface area contributed by atoms with Crippen LogP contribution in [-0.2, 0) is 21.1 Å². The molecule has 0 aliphatic rings. The number of anilines is 1. The maximum atomic E-state index is 12.6. The standard InChI is InChI=1S/C16H17N5O3/c1-18-11-12(19(2)16(24)21(4)14(11)23)17-15(18)20(3)13(22)10-8-6-5-7-9-10/h5-9H,1-4H3. The van der Waals surface area contributed by atoms with Gasteiger partial charge in [-0.2, -0.15) is 4.98 Å². The van der Waals surface area contributed by atoms with Crippen molar-refractivity contribution in [2.75, 3.05) is 11.9 Å². The molecule has 0 N–H and O–H groups in total. The largest absolute Gasteiger partial charge is 0.332 e. The summed E-state index contributed by atoms with van der Waals surface area (Å²) in [6.45, 7) is 0. The molecule has 0 radical (unpaired) electrons. The van der Waals surface area contributed by atoms with Gasteiger partial charge < -0.3 is 4.57 Å². The SMILES string of the molecule is CN(C(=O)c1ccccc1)c1nc2c(c(=O)n(C)c(=O)n2C)n1C. The maximum absolute atomic E-state index is 12.6. The third-order valence-electron chi connectivity index (χ3n) is 4.08. The lowest BCUT2D eigenvalue weighted by atomic mass is 10.2. The van der Waals surface area contributed by atoms with Crippen LogP contribution in [0.5, 0.6) is 0 Å². The van der Waals surface area contributed by atoms with Crippen LogP contribution >= 0.6 is 0 Å². The molecule has 1 aromatic carbocycles. The third kappa shape index (κ3) is 2.15. The lowest BCUT2D eigenvalue weighted by Crippen LogP contribution is -2.37. The summed E-state index contributed by atoms with van der Waals surface area (Å²) in [7, 11) is 6.18. The van der Waals surface area contributed by atoms with Gasteiger partial charge in [-0.1, -0.05) is 18.2 Å². The summed E-state index contributed by atoms with van der Waals surface area (Å²) in [6, 6.07) is 8.78. The molecule has 2 heterocycles. The number of amides is 1. The lowest BCUT2D eigenvalue weighted by molar-refractivity contribution is 0.0991. The minimum absolute atomic E-state index is 0.244. The molecule has 0 spiro atoms. The number of imidazole rings is 1. The van der Waals surface area contributed by atoms with Crippen LogP contribution in [-0.4, -0.2) is 31.6 Å². The topological polar surface area (TPSA) is 82.1 Å². The Balaban J connectivity index is 2.21. The van der Waals surface area contributed by atoms with Gasteiger partial charge in [-0.05, 0) is 12.1 Å². The van der Waals surface area contributed by atoms with Crippen molar-refractivity contribution in [3.63, 3.8) is 0 Å². The normalized spacial score (nSPS) is 11.0. The second-order valence-corrected chi connectivity index (χ2v) is 5.58. The summed E-state index contributed by atoms with van der Waals surface area (Å²) in [5, 5.41) is 0. The zero-order valence-electron chi connectivity index (χ0n) is 13.8. The summed E-state index contributed by atoms with van der Waals surface area (Å²) < 4.78 is 3.84. The van der Waals surface area contributed by atoms with Crippen molar-refractivity contribution in [1.82, 2.24) is 18.7 Å². The number of carbonyl (C=O) groups excluding carboxylic acids is 1. The average molecular weight is 327 g/mol. The summed E-state index contributed by atoms with van der Waals surface area (Å²) in [5.41, 5.74) is 0.105. The highest BCUT2D eigenvalue weighted by molar-refractivity contribution is 6.05. The molecule has 8 nitrogen and oxygen atoms in total. The zero-order chi connectivity index (χ0) is 17.6. The van der Waals surface area contributed by atoms with Crippen LogP contribution in [0.4, 0.5) is 5.95 Å². The van der Waals surface area contributed by atoms with E-state index in [1.165, 1.54) is 21.1 Å². The van der Waals surface area contributed by atoms with E-state index in [1.807, 2.05) is 6.07 Å². The summed E-state index contributed by atoms with van der Waals surface area (Å²) in [6.07, 6.45) is 0. The first-order valence-electron chi connectivity index (χ1n) is 7.30. The highest BCUT2D eigenvalue weighted by atomic mass is 16.2. The Bertz CT molecular complexity index is 1060. The van der Waals surface area contributed by atoms with Gasteiger partial charge in [-0.25, -0.2) is 4.79 Å². The molecule has 0 aliphatic heterocycles. The molecular weight excluding hydrogens is 310 g/mol. The van der Waals surface area contributed by atoms with Gasteiger partial charge in [-0.3, -0.25) is 23.6 Å². The molecule has 0 bridgehead atoms. The number of rotatable bonds is 2. The minimum Gasteiger partial charge on any atom is -0.307 e. The van der Waals surface area contributed by atoms with Gasteiger partial charge in [0.2, 0.25) is 5.95 Å². The van der Waals surface area contributed by atoms with Crippen molar-refractivity contribution < 1.29 is 4.79 Å². The number of fused-ring (bicyclic) bond motifs is 1. The van der Waals surface area contributed by atoms with Gasteiger partial charge in [0.25, 0.3) is 11.5 Å². The number of aryl methyl sites for hydroxylation is 2. The van der Waals surface area contributed by atoms with E-state index < -0.39 is 11.2 Å². The van der Waals surface area contributed by atoms with Crippen molar-refractivity contribution >= 4 is 23.0 Å². The van der Waals surface area contributed by atoms with E-state index in [9.17, 15) is 14.4 Å². The summed E-state index contributed by atoms with van der Waals surface area (Å²) in [4.78, 5) is 42.7. The number of nitrogens with zero attached hydrogens (tertiary/aromatic N) is 5. The van der Waals surface area contributed by atoms with Crippen molar-refractivity contribution in [1.29, 1.82) is 0 Å². The smallest absolute Gasteiger partial charge is 0.307 e. The maximum Gasteiger partial charge on any atom is 0.332 e. The highest BCUT2D eigenvalue weighted by Crippen LogP contribution is 2.18. The van der Waals surface area contributed by atoms with Crippen LogP contribution in [0.25, 0.3) is 11.2 Å². The predicted octanol–water partition coefficient (Wildman–Crippen LogP) is 0.247. The highest BCUT2D eigenvalue weighted by Gasteiger charge is 2.22. The predicted molar refractivity (Wildman–Crippen MR) is 90.4 cm³/mol. The molecule has 3 rings (SSSR count). The number of carbonyl (C=O) groups is 1. The molecule has 0 aliphatic carbocycles. The van der Waals surface area contributed by atoms with E-state index in [1.54, 1.807) is 45.4 Å². The number of benzene rings is 1. The Hall–Kier alpha value is -3.16. The van der Waals surface area contributed by atoms with Crippen molar-refractivity contribution in [3.8, 4) is 0 Å². The van der Waals surface area contributed by atoms with Gasteiger partial charge in [0, 0.05) is 33.8 Å². The quantitative estimate of drug-likeness (QED) is 0.675. The Morgan fingerprint density at radius 2 is 1.62 bits per heavy atom. The van der Waals surface area contributed by atoms with Crippen LogP contribution in [0.3, 0.4) is 0 Å². The second-order valence-electron chi connectivity index (χ2n) is 5.58. The van der Waals surface area contributed by atoms with Crippen LogP contribution in [0.15, 0.2) is 39.9 Å². The van der Waals surface area contributed by atoms with E-state index >= 15 is 0 Å². The average Bonchev–Trinajstić information content (AvgIpc) is 2.95. The van der Waals surface area contributed by atoms with E-state index in [2.05, 4.69) is 4.98 Å². The van der Waals surface area contributed by atoms with E-state index in [-0.39, 0.29) is 23.0 Å². The van der Waals surface area contributed by atoms with Crippen molar-refractivity contribution in [2.45, 2.75) is 0 Å². The first-order chi connectivity index (χ1) is 11.3. The first kappa shape index (κ1) is 15.7.